The van der Waals surface area contributed by atoms with Gasteiger partial charge >= 0.3 is 0 Å². The molecule has 0 spiro atoms. The zero-order valence-corrected chi connectivity index (χ0v) is 10.0. The molecule has 0 bridgehead atoms. The SMILES string of the molecule is CC(CO)(Nc1ccc([N+](=O)[O-])cc1F)C1CC1. The highest BCUT2D eigenvalue weighted by atomic mass is 19.1. The third-order valence-electron chi connectivity index (χ3n) is 3.39. The summed E-state index contributed by atoms with van der Waals surface area (Å²) >= 11 is 0. The van der Waals surface area contributed by atoms with Crippen molar-refractivity contribution in [2.24, 2.45) is 5.92 Å². The number of nitro benzene ring substituents is 1. The Morgan fingerprint density at radius 3 is 2.72 bits per heavy atom. The number of hydrogen-bond acceptors (Lipinski definition) is 4. The van der Waals surface area contributed by atoms with Gasteiger partial charge in [-0.15, -0.1) is 0 Å². The molecule has 0 aliphatic heterocycles. The van der Waals surface area contributed by atoms with E-state index in [1.807, 2.05) is 6.92 Å². The number of benzene rings is 1. The zero-order valence-electron chi connectivity index (χ0n) is 10.0. The van der Waals surface area contributed by atoms with Gasteiger partial charge in [-0.25, -0.2) is 4.39 Å². The predicted molar refractivity (Wildman–Crippen MR) is 64.9 cm³/mol. The van der Waals surface area contributed by atoms with E-state index in [-0.39, 0.29) is 18.0 Å². The molecule has 1 fully saturated rings. The molecule has 0 radical (unpaired) electrons. The van der Waals surface area contributed by atoms with Crippen molar-refractivity contribution in [3.63, 3.8) is 0 Å². The van der Waals surface area contributed by atoms with Crippen molar-refractivity contribution in [1.29, 1.82) is 0 Å². The van der Waals surface area contributed by atoms with Crippen molar-refractivity contribution < 1.29 is 14.4 Å². The zero-order chi connectivity index (χ0) is 13.3. The van der Waals surface area contributed by atoms with Gasteiger partial charge in [0.15, 0.2) is 5.82 Å². The van der Waals surface area contributed by atoms with Gasteiger partial charge in [-0.05, 0) is 31.7 Å². The molecule has 0 heterocycles. The van der Waals surface area contributed by atoms with E-state index in [0.717, 1.165) is 18.9 Å². The maximum atomic E-state index is 13.7. The minimum absolute atomic E-state index is 0.103. The number of hydrogen-bond donors (Lipinski definition) is 2. The van der Waals surface area contributed by atoms with E-state index < -0.39 is 16.3 Å². The van der Waals surface area contributed by atoms with Crippen LogP contribution in [0.3, 0.4) is 0 Å². The molecule has 6 heteroatoms. The summed E-state index contributed by atoms with van der Waals surface area (Å²) in [5, 5.41) is 22.9. The third kappa shape index (κ3) is 2.43. The van der Waals surface area contributed by atoms with Gasteiger partial charge in [-0.1, -0.05) is 0 Å². The Balaban J connectivity index is 2.21. The van der Waals surface area contributed by atoms with Gasteiger partial charge in [0.1, 0.15) is 0 Å². The Bertz CT molecular complexity index is 476. The first kappa shape index (κ1) is 12.8. The van der Waals surface area contributed by atoms with Crippen molar-refractivity contribution in [3.05, 3.63) is 34.1 Å². The first-order valence-electron chi connectivity index (χ1n) is 5.79. The first-order chi connectivity index (χ1) is 8.46. The van der Waals surface area contributed by atoms with E-state index >= 15 is 0 Å². The number of nitrogens with one attached hydrogen (secondary N) is 1. The monoisotopic (exact) mass is 254 g/mol. The molecule has 98 valence electrons. The minimum atomic E-state index is -0.676. The fourth-order valence-corrected chi connectivity index (χ4v) is 2.02. The molecule has 1 unspecified atom stereocenters. The number of nitro groups is 1. The molecule has 0 amide bonds. The molecular formula is C12H15FN2O3. The fourth-order valence-electron chi connectivity index (χ4n) is 2.02. The van der Waals surface area contributed by atoms with Gasteiger partial charge in [-0.2, -0.15) is 0 Å². The number of aliphatic hydroxyl groups is 1. The minimum Gasteiger partial charge on any atom is -0.394 e. The van der Waals surface area contributed by atoms with Crippen LogP contribution in [0, 0.1) is 21.8 Å². The summed E-state index contributed by atoms with van der Waals surface area (Å²) in [5.41, 5.74) is -0.670. The molecule has 2 rings (SSSR count). The molecule has 1 aliphatic rings. The van der Waals surface area contributed by atoms with Crippen LogP contribution in [-0.2, 0) is 0 Å². The second kappa shape index (κ2) is 4.53. The third-order valence-corrected chi connectivity index (χ3v) is 3.39. The maximum Gasteiger partial charge on any atom is 0.272 e. The van der Waals surface area contributed by atoms with E-state index in [4.69, 9.17) is 0 Å². The molecule has 1 aliphatic carbocycles. The number of non-ortho nitro benzene ring substituents is 1. The highest BCUT2D eigenvalue weighted by Crippen LogP contribution is 2.41. The molecule has 1 aromatic rings. The van der Waals surface area contributed by atoms with Gasteiger partial charge < -0.3 is 10.4 Å². The van der Waals surface area contributed by atoms with Crippen LogP contribution in [0.15, 0.2) is 18.2 Å². The Hall–Kier alpha value is -1.69. The molecule has 1 atom stereocenters. The normalized spacial score (nSPS) is 18.2. The second-order valence-corrected chi connectivity index (χ2v) is 4.90. The summed E-state index contributed by atoms with van der Waals surface area (Å²) in [6.45, 7) is 1.72. The average Bonchev–Trinajstić information content (AvgIpc) is 3.15. The summed E-state index contributed by atoms with van der Waals surface area (Å²) in [4.78, 5) is 9.86. The lowest BCUT2D eigenvalue weighted by molar-refractivity contribution is -0.385. The van der Waals surface area contributed by atoms with Crippen LogP contribution in [0.25, 0.3) is 0 Å². The fraction of sp³-hybridized carbons (Fsp3) is 0.500. The van der Waals surface area contributed by atoms with Crippen molar-refractivity contribution in [3.8, 4) is 0 Å². The van der Waals surface area contributed by atoms with E-state index in [2.05, 4.69) is 5.32 Å². The molecule has 0 saturated heterocycles. The van der Waals surface area contributed by atoms with Crippen LogP contribution in [0.2, 0.25) is 0 Å². The quantitative estimate of drug-likeness (QED) is 0.624. The van der Waals surface area contributed by atoms with Crippen molar-refractivity contribution in [2.75, 3.05) is 11.9 Å². The Kier molecular flexibility index (Phi) is 3.21. The number of anilines is 1. The van der Waals surface area contributed by atoms with E-state index in [9.17, 15) is 19.6 Å². The molecule has 0 aromatic heterocycles. The number of halogens is 1. The van der Waals surface area contributed by atoms with Crippen molar-refractivity contribution in [1.82, 2.24) is 0 Å². The Morgan fingerprint density at radius 1 is 1.61 bits per heavy atom. The lowest BCUT2D eigenvalue weighted by atomic mass is 9.96. The highest BCUT2D eigenvalue weighted by Gasteiger charge is 2.41. The standard InChI is InChI=1S/C12H15FN2O3/c1-12(7-16,8-2-3-8)14-11-5-4-9(15(17)18)6-10(11)13/h4-6,8,14,16H,2-3,7H2,1H3. The topological polar surface area (TPSA) is 75.4 Å². The van der Waals surface area contributed by atoms with Crippen molar-refractivity contribution >= 4 is 11.4 Å². The van der Waals surface area contributed by atoms with E-state index in [1.54, 1.807) is 0 Å². The van der Waals surface area contributed by atoms with Crippen LogP contribution in [-0.4, -0.2) is 22.2 Å². The summed E-state index contributed by atoms with van der Waals surface area (Å²) in [7, 11) is 0. The van der Waals surface area contributed by atoms with Crippen LogP contribution >= 0.6 is 0 Å². The number of aliphatic hydroxyl groups excluding tert-OH is 1. The van der Waals surface area contributed by atoms with Crippen LogP contribution in [0.5, 0.6) is 0 Å². The molecule has 1 aromatic carbocycles. The largest absolute Gasteiger partial charge is 0.394 e. The first-order valence-corrected chi connectivity index (χ1v) is 5.79. The lowest BCUT2D eigenvalue weighted by Gasteiger charge is -2.30. The number of nitrogens with zero attached hydrogens (tertiary/aromatic N) is 1. The van der Waals surface area contributed by atoms with Crippen molar-refractivity contribution in [2.45, 2.75) is 25.3 Å². The highest BCUT2D eigenvalue weighted by molar-refractivity contribution is 5.52. The summed E-state index contributed by atoms with van der Waals surface area (Å²) in [5.74, 6) is -0.360. The predicted octanol–water partition coefficient (Wildman–Crippen LogP) is 2.31. The van der Waals surface area contributed by atoms with E-state index in [0.29, 0.717) is 5.92 Å². The molecule has 18 heavy (non-hydrogen) atoms. The number of rotatable bonds is 5. The summed E-state index contributed by atoms with van der Waals surface area (Å²) in [6.07, 6.45) is 2.00. The van der Waals surface area contributed by atoms with Gasteiger partial charge in [-0.3, -0.25) is 10.1 Å². The Labute approximate surface area is 104 Å². The molecular weight excluding hydrogens is 239 g/mol. The summed E-state index contributed by atoms with van der Waals surface area (Å²) in [6, 6.07) is 3.47. The lowest BCUT2D eigenvalue weighted by Crippen LogP contribution is -2.41. The van der Waals surface area contributed by atoms with Crippen LogP contribution < -0.4 is 5.32 Å². The summed E-state index contributed by atoms with van der Waals surface area (Å²) < 4.78 is 13.7. The maximum absolute atomic E-state index is 13.7. The molecule has 1 saturated carbocycles. The van der Waals surface area contributed by atoms with Gasteiger partial charge in [0.05, 0.1) is 28.8 Å². The van der Waals surface area contributed by atoms with Gasteiger partial charge in [0.25, 0.3) is 5.69 Å². The van der Waals surface area contributed by atoms with E-state index in [1.165, 1.54) is 12.1 Å². The van der Waals surface area contributed by atoms with Gasteiger partial charge in [0, 0.05) is 6.07 Å². The molecule has 2 N–H and O–H groups in total. The molecule has 5 nitrogen and oxygen atoms in total. The van der Waals surface area contributed by atoms with Crippen LogP contribution in [0.4, 0.5) is 15.8 Å². The second-order valence-electron chi connectivity index (χ2n) is 4.90. The smallest absolute Gasteiger partial charge is 0.272 e. The van der Waals surface area contributed by atoms with Crippen LogP contribution in [0.1, 0.15) is 19.8 Å². The Morgan fingerprint density at radius 2 is 2.28 bits per heavy atom. The average molecular weight is 254 g/mol. The van der Waals surface area contributed by atoms with Gasteiger partial charge in [0.2, 0.25) is 0 Å².